The fourth-order valence-corrected chi connectivity index (χ4v) is 3.75. The van der Waals surface area contributed by atoms with E-state index in [9.17, 15) is 4.79 Å². The lowest BCUT2D eigenvalue weighted by atomic mass is 10.1. The van der Waals surface area contributed by atoms with Gasteiger partial charge in [0.2, 0.25) is 0 Å². The molecule has 5 nitrogen and oxygen atoms in total. The predicted molar refractivity (Wildman–Crippen MR) is 125 cm³/mol. The van der Waals surface area contributed by atoms with Crippen LogP contribution in [0, 0.1) is 13.8 Å². The largest absolute Gasteiger partial charge is 0.496 e. The zero-order valence-corrected chi connectivity index (χ0v) is 17.9. The highest BCUT2D eigenvalue weighted by Crippen LogP contribution is 2.26. The topological polar surface area (TPSA) is 55.6 Å². The molecule has 1 amide bonds. The van der Waals surface area contributed by atoms with Crippen molar-refractivity contribution in [1.82, 2.24) is 9.99 Å². The summed E-state index contributed by atoms with van der Waals surface area (Å²) in [6.45, 7) is 4.93. The van der Waals surface area contributed by atoms with Gasteiger partial charge in [-0.2, -0.15) is 5.10 Å². The van der Waals surface area contributed by atoms with Crippen molar-refractivity contribution in [3.8, 4) is 5.75 Å². The van der Waals surface area contributed by atoms with Crippen molar-refractivity contribution >= 4 is 22.9 Å². The van der Waals surface area contributed by atoms with Crippen LogP contribution in [0.5, 0.6) is 5.75 Å². The minimum absolute atomic E-state index is 0.308. The minimum atomic E-state index is -0.308. The third-order valence-electron chi connectivity index (χ3n) is 5.48. The van der Waals surface area contributed by atoms with E-state index in [2.05, 4.69) is 47.1 Å². The van der Waals surface area contributed by atoms with Gasteiger partial charge < -0.3 is 9.30 Å². The first-order chi connectivity index (χ1) is 15.1. The van der Waals surface area contributed by atoms with Gasteiger partial charge in [-0.05, 0) is 48.4 Å². The van der Waals surface area contributed by atoms with Crippen LogP contribution in [0.15, 0.2) is 77.9 Å². The number of aromatic nitrogens is 1. The number of rotatable bonds is 6. The average Bonchev–Trinajstić information content (AvgIpc) is 3.06. The molecule has 0 bridgehead atoms. The van der Waals surface area contributed by atoms with E-state index in [1.165, 1.54) is 5.56 Å². The van der Waals surface area contributed by atoms with Crippen molar-refractivity contribution in [2.45, 2.75) is 20.4 Å². The molecule has 156 valence electrons. The zero-order valence-electron chi connectivity index (χ0n) is 17.9. The fourth-order valence-electron chi connectivity index (χ4n) is 3.75. The number of methoxy groups -OCH3 is 1. The molecule has 1 heterocycles. The third kappa shape index (κ3) is 4.36. The first kappa shape index (κ1) is 20.4. The highest BCUT2D eigenvalue weighted by Gasteiger charge is 2.13. The Morgan fingerprint density at radius 1 is 1.00 bits per heavy atom. The number of carbonyl (C=O) groups excluding carboxylic acids is 1. The van der Waals surface area contributed by atoms with Crippen LogP contribution >= 0.6 is 0 Å². The van der Waals surface area contributed by atoms with E-state index in [1.54, 1.807) is 13.3 Å². The number of ether oxygens (including phenoxy) is 1. The second-order valence-electron chi connectivity index (χ2n) is 7.50. The van der Waals surface area contributed by atoms with E-state index in [0.717, 1.165) is 34.3 Å². The number of fused-ring (bicyclic) bond motifs is 1. The van der Waals surface area contributed by atoms with Gasteiger partial charge in [0.1, 0.15) is 5.75 Å². The number of hydrazone groups is 1. The summed E-state index contributed by atoms with van der Waals surface area (Å²) in [6.07, 6.45) is 1.69. The Balaban J connectivity index is 1.52. The molecule has 3 aromatic carbocycles. The van der Waals surface area contributed by atoms with E-state index < -0.39 is 0 Å². The van der Waals surface area contributed by atoms with Gasteiger partial charge in [0, 0.05) is 23.5 Å². The van der Waals surface area contributed by atoms with Crippen LogP contribution in [-0.2, 0) is 6.54 Å². The van der Waals surface area contributed by atoms with Gasteiger partial charge in [0.15, 0.2) is 0 Å². The lowest BCUT2D eigenvalue weighted by Gasteiger charge is -2.10. The van der Waals surface area contributed by atoms with Crippen LogP contribution in [0.25, 0.3) is 10.8 Å². The normalized spacial score (nSPS) is 11.2. The first-order valence-corrected chi connectivity index (χ1v) is 10.2. The van der Waals surface area contributed by atoms with E-state index >= 15 is 0 Å². The van der Waals surface area contributed by atoms with Crippen molar-refractivity contribution in [3.05, 3.63) is 101 Å². The number of aryl methyl sites for hydroxylation is 1. The zero-order chi connectivity index (χ0) is 21.8. The van der Waals surface area contributed by atoms with Crippen LogP contribution in [-0.4, -0.2) is 23.8 Å². The molecule has 0 aliphatic rings. The highest BCUT2D eigenvalue weighted by molar-refractivity contribution is 6.02. The predicted octanol–water partition coefficient (Wildman–Crippen LogP) is 5.08. The Hall–Kier alpha value is -3.86. The highest BCUT2D eigenvalue weighted by atomic mass is 16.5. The number of nitrogens with one attached hydrogen (secondary N) is 1. The molecule has 4 rings (SSSR count). The Bertz CT molecular complexity index is 1260. The standard InChI is InChI=1S/C26H25N3O2/c1-18-13-23(19(2)29(18)17-20-9-5-4-6-10-20)16-27-28-26(30)24-14-21-11-7-8-12-22(21)15-25(24)31-3/h4-16H,17H2,1-3H3,(H,28,30)/b27-16-. The molecular weight excluding hydrogens is 386 g/mol. The summed E-state index contributed by atoms with van der Waals surface area (Å²) in [4.78, 5) is 12.7. The lowest BCUT2D eigenvalue weighted by molar-refractivity contribution is 0.0952. The smallest absolute Gasteiger partial charge is 0.275 e. The molecule has 0 radical (unpaired) electrons. The summed E-state index contributed by atoms with van der Waals surface area (Å²) in [5, 5.41) is 6.20. The quantitative estimate of drug-likeness (QED) is 0.355. The molecule has 0 spiro atoms. The number of benzene rings is 3. The van der Waals surface area contributed by atoms with Gasteiger partial charge in [-0.25, -0.2) is 5.43 Å². The van der Waals surface area contributed by atoms with Gasteiger partial charge in [-0.1, -0.05) is 54.6 Å². The Kier molecular flexibility index (Phi) is 5.85. The maximum atomic E-state index is 12.7. The molecule has 1 N–H and O–H groups in total. The second-order valence-corrected chi connectivity index (χ2v) is 7.50. The third-order valence-corrected chi connectivity index (χ3v) is 5.48. The van der Waals surface area contributed by atoms with Gasteiger partial charge >= 0.3 is 0 Å². The van der Waals surface area contributed by atoms with E-state index in [4.69, 9.17) is 4.74 Å². The van der Waals surface area contributed by atoms with E-state index in [1.807, 2.05) is 54.6 Å². The minimum Gasteiger partial charge on any atom is -0.496 e. The maximum Gasteiger partial charge on any atom is 0.275 e. The molecule has 5 heteroatoms. The summed E-state index contributed by atoms with van der Waals surface area (Å²) in [5.74, 6) is 0.212. The van der Waals surface area contributed by atoms with Crippen molar-refractivity contribution in [3.63, 3.8) is 0 Å². The number of hydrogen-bond donors (Lipinski definition) is 1. The van der Waals surface area contributed by atoms with Crippen LogP contribution in [0.2, 0.25) is 0 Å². The molecule has 4 aromatic rings. The molecule has 0 aliphatic carbocycles. The molecule has 1 aromatic heterocycles. The number of nitrogens with zero attached hydrogens (tertiary/aromatic N) is 2. The number of amides is 1. The Morgan fingerprint density at radius 2 is 1.68 bits per heavy atom. The molecule has 0 fully saturated rings. The molecule has 0 saturated carbocycles. The molecule has 0 atom stereocenters. The summed E-state index contributed by atoms with van der Waals surface area (Å²) in [6, 6.07) is 24.0. The summed E-state index contributed by atoms with van der Waals surface area (Å²) >= 11 is 0. The monoisotopic (exact) mass is 411 g/mol. The maximum absolute atomic E-state index is 12.7. The second kappa shape index (κ2) is 8.88. The van der Waals surface area contributed by atoms with Gasteiger partial charge in [-0.15, -0.1) is 0 Å². The summed E-state index contributed by atoms with van der Waals surface area (Å²) in [5.41, 5.74) is 7.54. The van der Waals surface area contributed by atoms with Gasteiger partial charge in [0.25, 0.3) is 5.91 Å². The van der Waals surface area contributed by atoms with Crippen molar-refractivity contribution in [1.29, 1.82) is 0 Å². The van der Waals surface area contributed by atoms with Crippen LogP contribution < -0.4 is 10.2 Å². The average molecular weight is 412 g/mol. The van der Waals surface area contributed by atoms with Crippen molar-refractivity contribution in [2.75, 3.05) is 7.11 Å². The number of hydrogen-bond acceptors (Lipinski definition) is 3. The fraction of sp³-hybridized carbons (Fsp3) is 0.154. The molecule has 0 aliphatic heterocycles. The van der Waals surface area contributed by atoms with Gasteiger partial charge in [-0.3, -0.25) is 4.79 Å². The van der Waals surface area contributed by atoms with Gasteiger partial charge in [0.05, 0.1) is 18.9 Å². The Morgan fingerprint density at radius 3 is 2.39 bits per heavy atom. The van der Waals surface area contributed by atoms with Crippen molar-refractivity contribution in [2.24, 2.45) is 5.10 Å². The molecule has 31 heavy (non-hydrogen) atoms. The first-order valence-electron chi connectivity index (χ1n) is 10.2. The van der Waals surface area contributed by atoms with E-state index in [-0.39, 0.29) is 5.91 Å². The van der Waals surface area contributed by atoms with Crippen molar-refractivity contribution < 1.29 is 9.53 Å². The van der Waals surface area contributed by atoms with E-state index in [0.29, 0.717) is 11.3 Å². The van der Waals surface area contributed by atoms with Crippen LogP contribution in [0.4, 0.5) is 0 Å². The van der Waals surface area contributed by atoms with Crippen LogP contribution in [0.1, 0.15) is 32.9 Å². The SMILES string of the molecule is COc1cc2ccccc2cc1C(=O)N/N=C\c1cc(C)n(Cc2ccccc2)c1C. The summed E-state index contributed by atoms with van der Waals surface area (Å²) < 4.78 is 7.66. The lowest BCUT2D eigenvalue weighted by Crippen LogP contribution is -2.18. The Labute approximate surface area is 182 Å². The molecular formula is C26H25N3O2. The molecule has 0 saturated heterocycles. The molecule has 0 unspecified atom stereocenters. The van der Waals surface area contributed by atoms with Crippen LogP contribution in [0.3, 0.4) is 0 Å². The summed E-state index contributed by atoms with van der Waals surface area (Å²) in [7, 11) is 1.56. The number of carbonyl (C=O) groups is 1.